The van der Waals surface area contributed by atoms with Crippen molar-refractivity contribution in [1.82, 2.24) is 9.97 Å². The molecule has 0 amide bonds. The van der Waals surface area contributed by atoms with E-state index in [-0.39, 0.29) is 0 Å². The molecule has 0 atom stereocenters. The van der Waals surface area contributed by atoms with Crippen LogP contribution in [0.2, 0.25) is 0 Å². The lowest BCUT2D eigenvalue weighted by Gasteiger charge is -2.12. The van der Waals surface area contributed by atoms with Gasteiger partial charge < -0.3 is 0 Å². The van der Waals surface area contributed by atoms with Gasteiger partial charge in [0, 0.05) is 5.39 Å². The minimum atomic E-state index is 0.932. The maximum Gasteiger partial charge on any atom is 0.0973 e. The first kappa shape index (κ1) is 15.0. The topological polar surface area (TPSA) is 25.8 Å². The minimum Gasteiger partial charge on any atom is -0.244 e. The SMILES string of the molecule is Cc1ccc(-c2cc3nc4ccccc4nc3c3cc(C)ccc23)cc1. The Balaban J connectivity index is 1.95. The summed E-state index contributed by atoms with van der Waals surface area (Å²) < 4.78 is 0. The molecule has 5 rings (SSSR count). The van der Waals surface area contributed by atoms with Crippen LogP contribution >= 0.6 is 0 Å². The van der Waals surface area contributed by atoms with Crippen molar-refractivity contribution in [2.45, 2.75) is 13.8 Å². The monoisotopic (exact) mass is 334 g/mol. The molecule has 26 heavy (non-hydrogen) atoms. The average Bonchev–Trinajstić information content (AvgIpc) is 2.66. The van der Waals surface area contributed by atoms with Crippen molar-refractivity contribution in [3.05, 3.63) is 83.9 Å². The number of benzene rings is 4. The van der Waals surface area contributed by atoms with Crippen molar-refractivity contribution in [3.63, 3.8) is 0 Å². The first-order valence-corrected chi connectivity index (χ1v) is 8.86. The molecule has 0 unspecified atom stereocenters. The van der Waals surface area contributed by atoms with Crippen LogP contribution < -0.4 is 0 Å². The second-order valence-electron chi connectivity index (χ2n) is 6.92. The molecule has 2 nitrogen and oxygen atoms in total. The molecule has 1 heterocycles. The normalized spacial score (nSPS) is 11.5. The predicted octanol–water partition coefficient (Wildman–Crippen LogP) is 6.22. The summed E-state index contributed by atoms with van der Waals surface area (Å²) in [7, 11) is 0. The van der Waals surface area contributed by atoms with Crippen molar-refractivity contribution < 1.29 is 0 Å². The Morgan fingerprint density at radius 3 is 2.04 bits per heavy atom. The fraction of sp³-hybridized carbons (Fsp3) is 0.0833. The zero-order valence-corrected chi connectivity index (χ0v) is 14.8. The Hall–Kier alpha value is -3.26. The van der Waals surface area contributed by atoms with Crippen LogP contribution in [0.5, 0.6) is 0 Å². The van der Waals surface area contributed by atoms with E-state index < -0.39 is 0 Å². The van der Waals surface area contributed by atoms with E-state index in [0.29, 0.717) is 0 Å². The molecule has 0 aliphatic heterocycles. The predicted molar refractivity (Wildman–Crippen MR) is 109 cm³/mol. The summed E-state index contributed by atoms with van der Waals surface area (Å²) in [6.07, 6.45) is 0. The van der Waals surface area contributed by atoms with E-state index in [1.807, 2.05) is 24.3 Å². The molecule has 0 fully saturated rings. The molecule has 0 saturated carbocycles. The number of aryl methyl sites for hydroxylation is 2. The Morgan fingerprint density at radius 1 is 0.577 bits per heavy atom. The molecule has 0 aliphatic carbocycles. The lowest BCUT2D eigenvalue weighted by atomic mass is 9.95. The lowest BCUT2D eigenvalue weighted by Crippen LogP contribution is -1.92. The van der Waals surface area contributed by atoms with Crippen LogP contribution in [0.4, 0.5) is 0 Å². The Bertz CT molecular complexity index is 1280. The van der Waals surface area contributed by atoms with Gasteiger partial charge in [-0.2, -0.15) is 0 Å². The van der Waals surface area contributed by atoms with Crippen molar-refractivity contribution in [2.24, 2.45) is 0 Å². The van der Waals surface area contributed by atoms with Gasteiger partial charge in [-0.25, -0.2) is 9.97 Å². The highest BCUT2D eigenvalue weighted by atomic mass is 14.8. The third-order valence-electron chi connectivity index (χ3n) is 4.96. The van der Waals surface area contributed by atoms with Gasteiger partial charge in [-0.15, -0.1) is 0 Å². The molecular formula is C24H18N2. The van der Waals surface area contributed by atoms with Gasteiger partial charge in [-0.1, -0.05) is 59.7 Å². The summed E-state index contributed by atoms with van der Waals surface area (Å²) in [4.78, 5) is 9.83. The van der Waals surface area contributed by atoms with Crippen LogP contribution in [0.15, 0.2) is 72.8 Å². The molecule has 0 saturated heterocycles. The van der Waals surface area contributed by atoms with Gasteiger partial charge >= 0.3 is 0 Å². The minimum absolute atomic E-state index is 0.932. The van der Waals surface area contributed by atoms with Gasteiger partial charge in [0.25, 0.3) is 0 Å². The third kappa shape index (κ3) is 2.34. The number of nitrogens with zero attached hydrogens (tertiary/aromatic N) is 2. The average molecular weight is 334 g/mol. The second-order valence-corrected chi connectivity index (χ2v) is 6.92. The van der Waals surface area contributed by atoms with Gasteiger partial charge in [-0.3, -0.25) is 0 Å². The maximum absolute atomic E-state index is 4.93. The van der Waals surface area contributed by atoms with Crippen LogP contribution in [0.25, 0.3) is 44.0 Å². The number of aromatic nitrogens is 2. The summed E-state index contributed by atoms with van der Waals surface area (Å²) in [6, 6.07) is 25.5. The van der Waals surface area contributed by atoms with E-state index in [0.717, 1.165) is 27.5 Å². The van der Waals surface area contributed by atoms with Crippen molar-refractivity contribution in [1.29, 1.82) is 0 Å². The molecule has 5 aromatic rings. The van der Waals surface area contributed by atoms with Gasteiger partial charge in [0.1, 0.15) is 0 Å². The van der Waals surface area contributed by atoms with E-state index in [4.69, 9.17) is 9.97 Å². The summed E-state index contributed by atoms with van der Waals surface area (Å²) in [6.45, 7) is 4.24. The number of para-hydroxylation sites is 2. The van der Waals surface area contributed by atoms with Crippen molar-refractivity contribution in [3.8, 4) is 11.1 Å². The molecule has 1 aromatic heterocycles. The van der Waals surface area contributed by atoms with Crippen LogP contribution in [0, 0.1) is 13.8 Å². The first-order chi connectivity index (χ1) is 12.7. The fourth-order valence-electron chi connectivity index (χ4n) is 3.59. The Kier molecular flexibility index (Phi) is 3.26. The summed E-state index contributed by atoms with van der Waals surface area (Å²) in [5.74, 6) is 0. The standard InChI is InChI=1S/C24H18N2/c1-15-7-10-17(11-8-15)19-14-23-24(20-13-16(2)9-12-18(19)20)26-22-6-4-3-5-21(22)25-23/h3-14H,1-2H3. The molecule has 2 heteroatoms. The van der Waals surface area contributed by atoms with Crippen LogP contribution in [0.1, 0.15) is 11.1 Å². The summed E-state index contributed by atoms with van der Waals surface area (Å²) in [5, 5.41) is 2.38. The lowest BCUT2D eigenvalue weighted by molar-refractivity contribution is 1.40. The Labute approximate surface area is 152 Å². The molecule has 4 aromatic carbocycles. The quantitative estimate of drug-likeness (QED) is 0.269. The Morgan fingerprint density at radius 2 is 1.27 bits per heavy atom. The van der Waals surface area contributed by atoms with Crippen LogP contribution in [-0.2, 0) is 0 Å². The zero-order chi connectivity index (χ0) is 17.7. The molecule has 0 spiro atoms. The number of hydrogen-bond acceptors (Lipinski definition) is 2. The van der Waals surface area contributed by atoms with E-state index >= 15 is 0 Å². The molecular weight excluding hydrogens is 316 g/mol. The maximum atomic E-state index is 4.93. The second kappa shape index (κ2) is 5.63. The van der Waals surface area contributed by atoms with E-state index in [1.54, 1.807) is 0 Å². The van der Waals surface area contributed by atoms with E-state index in [9.17, 15) is 0 Å². The fourth-order valence-corrected chi connectivity index (χ4v) is 3.59. The molecule has 0 aliphatic rings. The van der Waals surface area contributed by atoms with E-state index in [1.165, 1.54) is 27.6 Å². The summed E-state index contributed by atoms with van der Waals surface area (Å²) >= 11 is 0. The highest BCUT2D eigenvalue weighted by Gasteiger charge is 2.12. The van der Waals surface area contributed by atoms with Gasteiger partial charge in [0.15, 0.2) is 0 Å². The third-order valence-corrected chi connectivity index (χ3v) is 4.96. The number of hydrogen-bond donors (Lipinski definition) is 0. The van der Waals surface area contributed by atoms with Gasteiger partial charge in [0.05, 0.1) is 22.1 Å². The smallest absolute Gasteiger partial charge is 0.0973 e. The van der Waals surface area contributed by atoms with Crippen LogP contribution in [-0.4, -0.2) is 9.97 Å². The zero-order valence-electron chi connectivity index (χ0n) is 14.8. The number of rotatable bonds is 1. The number of fused-ring (bicyclic) bond motifs is 4. The highest BCUT2D eigenvalue weighted by molar-refractivity contribution is 6.12. The summed E-state index contributed by atoms with van der Waals surface area (Å²) in [5.41, 5.74) is 8.69. The molecule has 0 N–H and O–H groups in total. The molecule has 124 valence electrons. The highest BCUT2D eigenvalue weighted by Crippen LogP contribution is 2.34. The van der Waals surface area contributed by atoms with Gasteiger partial charge in [0.2, 0.25) is 0 Å². The van der Waals surface area contributed by atoms with Gasteiger partial charge in [-0.05, 0) is 54.6 Å². The molecule has 0 radical (unpaired) electrons. The van der Waals surface area contributed by atoms with E-state index in [2.05, 4.69) is 62.4 Å². The van der Waals surface area contributed by atoms with Crippen molar-refractivity contribution >= 4 is 32.8 Å². The first-order valence-electron chi connectivity index (χ1n) is 8.86. The van der Waals surface area contributed by atoms with Crippen LogP contribution in [0.3, 0.4) is 0 Å². The largest absolute Gasteiger partial charge is 0.244 e. The molecule has 0 bridgehead atoms. The van der Waals surface area contributed by atoms with Crippen molar-refractivity contribution in [2.75, 3.05) is 0 Å².